The second kappa shape index (κ2) is 2.36. The summed E-state index contributed by atoms with van der Waals surface area (Å²) in [6, 6.07) is 0.762. The van der Waals surface area contributed by atoms with Crippen LogP contribution in [0.5, 0.6) is 0 Å². The summed E-state index contributed by atoms with van der Waals surface area (Å²) < 4.78 is 0. The van der Waals surface area contributed by atoms with Gasteiger partial charge in [-0.2, -0.15) is 0 Å². The third-order valence-corrected chi connectivity index (χ3v) is 2.85. The first-order valence-corrected chi connectivity index (χ1v) is 4.27. The minimum atomic E-state index is -0.145. The van der Waals surface area contributed by atoms with E-state index < -0.39 is 0 Å². The predicted molar refractivity (Wildman–Crippen MR) is 40.2 cm³/mol. The van der Waals surface area contributed by atoms with E-state index in [-0.39, 0.29) is 17.5 Å². The number of aliphatic hydroxyl groups is 1. The predicted octanol–water partition coefficient (Wildman–Crippen LogP) is 0.479. The van der Waals surface area contributed by atoms with Gasteiger partial charge in [-0.3, -0.25) is 0 Å². The van der Waals surface area contributed by atoms with Crippen LogP contribution in [0, 0.1) is 0 Å². The quantitative estimate of drug-likeness (QED) is 0.507. The number of rotatable bonds is 0. The van der Waals surface area contributed by atoms with Gasteiger partial charge in [-0.25, -0.2) is 0 Å². The Kier molecular flexibility index (Phi) is 1.63. The first-order valence-electron chi connectivity index (χ1n) is 3.84. The summed E-state index contributed by atoms with van der Waals surface area (Å²) in [7, 11) is 0. The Morgan fingerprint density at radius 3 is 2.80 bits per heavy atom. The number of alkyl halides is 1. The van der Waals surface area contributed by atoms with Crippen LogP contribution in [-0.4, -0.2) is 28.7 Å². The highest BCUT2D eigenvalue weighted by atomic mass is 35.5. The van der Waals surface area contributed by atoms with Gasteiger partial charge in [-0.05, 0) is 19.3 Å². The molecule has 2 N–H and O–H groups in total. The summed E-state index contributed by atoms with van der Waals surface area (Å²) >= 11 is 5.96. The molecule has 4 unspecified atom stereocenters. The van der Waals surface area contributed by atoms with Gasteiger partial charge >= 0.3 is 0 Å². The Morgan fingerprint density at radius 2 is 2.10 bits per heavy atom. The fourth-order valence-electron chi connectivity index (χ4n) is 2.01. The average Bonchev–Trinajstić information content (AvgIpc) is 2.07. The lowest BCUT2D eigenvalue weighted by Crippen LogP contribution is -2.41. The van der Waals surface area contributed by atoms with Gasteiger partial charge in [0.2, 0.25) is 0 Å². The fraction of sp³-hybridized carbons (Fsp3) is 1.00. The highest BCUT2D eigenvalue weighted by molar-refractivity contribution is 6.20. The molecule has 2 bridgehead atoms. The van der Waals surface area contributed by atoms with E-state index >= 15 is 0 Å². The molecule has 0 aromatic carbocycles. The van der Waals surface area contributed by atoms with Crippen molar-refractivity contribution in [1.29, 1.82) is 0 Å². The molecule has 0 aromatic rings. The summed E-state index contributed by atoms with van der Waals surface area (Å²) in [4.78, 5) is 0. The van der Waals surface area contributed by atoms with Crippen LogP contribution < -0.4 is 5.32 Å². The summed E-state index contributed by atoms with van der Waals surface area (Å²) in [6.45, 7) is 0. The Labute approximate surface area is 65.6 Å². The van der Waals surface area contributed by atoms with E-state index in [0.29, 0.717) is 6.04 Å². The van der Waals surface area contributed by atoms with Crippen LogP contribution in [-0.2, 0) is 0 Å². The van der Waals surface area contributed by atoms with Crippen molar-refractivity contribution in [3.05, 3.63) is 0 Å². The molecule has 2 nitrogen and oxygen atoms in total. The van der Waals surface area contributed by atoms with Gasteiger partial charge in [0, 0.05) is 17.5 Å². The van der Waals surface area contributed by atoms with E-state index in [4.69, 9.17) is 11.6 Å². The van der Waals surface area contributed by atoms with Crippen LogP contribution in [0.4, 0.5) is 0 Å². The molecular weight excluding hydrogens is 150 g/mol. The SMILES string of the molecule is OC1CC2CC(Cl)CC1N2. The Morgan fingerprint density at radius 1 is 1.30 bits per heavy atom. The molecule has 2 fully saturated rings. The lowest BCUT2D eigenvalue weighted by atomic mass is 10.1. The highest BCUT2D eigenvalue weighted by Gasteiger charge is 2.38. The largest absolute Gasteiger partial charge is 0.391 e. The van der Waals surface area contributed by atoms with Gasteiger partial charge in [0.25, 0.3) is 0 Å². The smallest absolute Gasteiger partial charge is 0.0708 e. The number of fused-ring (bicyclic) bond motifs is 2. The maximum atomic E-state index is 9.40. The molecule has 0 aliphatic carbocycles. The molecule has 0 aromatic heterocycles. The Balaban J connectivity index is 2.06. The van der Waals surface area contributed by atoms with Gasteiger partial charge in [-0.1, -0.05) is 0 Å². The van der Waals surface area contributed by atoms with E-state index in [0.717, 1.165) is 19.3 Å². The molecule has 2 aliphatic heterocycles. The van der Waals surface area contributed by atoms with Crippen molar-refractivity contribution in [2.45, 2.75) is 42.8 Å². The van der Waals surface area contributed by atoms with Gasteiger partial charge in [0.05, 0.1) is 6.10 Å². The van der Waals surface area contributed by atoms with Crippen LogP contribution in [0.15, 0.2) is 0 Å². The maximum absolute atomic E-state index is 9.40. The molecular formula is C7H12ClNO. The van der Waals surface area contributed by atoms with Crippen LogP contribution in [0.1, 0.15) is 19.3 Å². The number of hydrogen-bond donors (Lipinski definition) is 2. The monoisotopic (exact) mass is 161 g/mol. The molecule has 0 saturated carbocycles. The van der Waals surface area contributed by atoms with Crippen molar-refractivity contribution in [2.24, 2.45) is 0 Å². The van der Waals surface area contributed by atoms with Crippen LogP contribution in [0.3, 0.4) is 0 Å². The molecule has 10 heavy (non-hydrogen) atoms. The van der Waals surface area contributed by atoms with Crippen molar-refractivity contribution in [3.63, 3.8) is 0 Å². The number of nitrogens with one attached hydrogen (secondary N) is 1. The zero-order chi connectivity index (χ0) is 7.14. The van der Waals surface area contributed by atoms with Gasteiger partial charge in [0.1, 0.15) is 0 Å². The molecule has 4 atom stereocenters. The van der Waals surface area contributed by atoms with E-state index in [9.17, 15) is 5.11 Å². The van der Waals surface area contributed by atoms with E-state index in [1.807, 2.05) is 0 Å². The summed E-state index contributed by atoms with van der Waals surface area (Å²) in [5.74, 6) is 0. The van der Waals surface area contributed by atoms with E-state index in [1.165, 1.54) is 0 Å². The summed E-state index contributed by atoms with van der Waals surface area (Å²) in [6.07, 6.45) is 2.70. The van der Waals surface area contributed by atoms with Crippen molar-refractivity contribution in [1.82, 2.24) is 5.32 Å². The van der Waals surface area contributed by atoms with E-state index in [2.05, 4.69) is 5.32 Å². The molecule has 3 heteroatoms. The van der Waals surface area contributed by atoms with Crippen LogP contribution in [0.25, 0.3) is 0 Å². The topological polar surface area (TPSA) is 32.3 Å². The molecule has 58 valence electrons. The average molecular weight is 162 g/mol. The first kappa shape index (κ1) is 6.89. The third-order valence-electron chi connectivity index (χ3n) is 2.49. The zero-order valence-corrected chi connectivity index (χ0v) is 6.51. The molecule has 2 saturated heterocycles. The number of piperidine rings is 1. The lowest BCUT2D eigenvalue weighted by Gasteiger charge is -2.24. The Bertz CT molecular complexity index is 137. The van der Waals surface area contributed by atoms with Crippen molar-refractivity contribution >= 4 is 11.6 Å². The minimum absolute atomic E-state index is 0.145. The molecule has 2 aliphatic rings. The van der Waals surface area contributed by atoms with Crippen molar-refractivity contribution < 1.29 is 5.11 Å². The normalized spacial score (nSPS) is 53.4. The van der Waals surface area contributed by atoms with E-state index in [1.54, 1.807) is 0 Å². The molecule has 2 rings (SSSR count). The summed E-state index contributed by atoms with van der Waals surface area (Å²) in [5.41, 5.74) is 0. The first-order chi connectivity index (χ1) is 4.75. The van der Waals surface area contributed by atoms with Gasteiger partial charge in [0.15, 0.2) is 0 Å². The maximum Gasteiger partial charge on any atom is 0.0708 e. The van der Waals surface area contributed by atoms with Crippen LogP contribution >= 0.6 is 11.6 Å². The molecule has 0 radical (unpaired) electrons. The second-order valence-electron chi connectivity index (χ2n) is 3.34. The number of aliphatic hydroxyl groups excluding tert-OH is 1. The molecule has 2 heterocycles. The second-order valence-corrected chi connectivity index (χ2v) is 3.96. The van der Waals surface area contributed by atoms with Gasteiger partial charge in [-0.15, -0.1) is 11.6 Å². The molecule has 0 amide bonds. The minimum Gasteiger partial charge on any atom is -0.391 e. The van der Waals surface area contributed by atoms with Crippen molar-refractivity contribution in [2.75, 3.05) is 0 Å². The van der Waals surface area contributed by atoms with Crippen molar-refractivity contribution in [3.8, 4) is 0 Å². The fourth-order valence-corrected chi connectivity index (χ4v) is 2.41. The zero-order valence-electron chi connectivity index (χ0n) is 5.76. The third kappa shape index (κ3) is 1.04. The number of halogens is 1. The van der Waals surface area contributed by atoms with Crippen LogP contribution in [0.2, 0.25) is 0 Å². The lowest BCUT2D eigenvalue weighted by molar-refractivity contribution is 0.157. The highest BCUT2D eigenvalue weighted by Crippen LogP contribution is 2.29. The number of hydrogen-bond acceptors (Lipinski definition) is 2. The molecule has 0 spiro atoms. The van der Waals surface area contributed by atoms with Gasteiger partial charge < -0.3 is 10.4 Å². The standard InChI is InChI=1S/C7H12ClNO/c8-4-1-5-3-7(10)6(2-4)9-5/h4-7,9-10H,1-3H2. The Hall–Kier alpha value is 0.210. The summed E-state index contributed by atoms with van der Waals surface area (Å²) in [5, 5.41) is 13.0.